The standard InChI is InChI=1S/C25H24F12NP.C5H10.2CH3.Fe/c1-13(38(2)3)20-5-4-6-21(20)39(18-9-14(22(26,27)28)7-15(10-18)23(29,30)31)19-11-16(24(32,33)34)8-17(12-19)25(35,36)37;1-2-4-5-3-1;;;/h7-13,20-21H,4-6H2,1-3H3;1-5H2;2*1H3;/q;;2*-1;+2/t13-,20?,21?;;;;/m1..../s1. The summed E-state index contributed by atoms with van der Waals surface area (Å²) in [5, 5.41) is -1.16. The minimum absolute atomic E-state index is 0. The molecule has 2 saturated carbocycles. The molecule has 2 aromatic rings. The molecule has 1 nitrogen and oxygen atoms in total. The Balaban J connectivity index is 0.00000241. The second-order valence-corrected chi connectivity index (χ2v) is 14.0. The van der Waals surface area contributed by atoms with Crippen molar-refractivity contribution < 1.29 is 69.8 Å². The van der Waals surface area contributed by atoms with Crippen LogP contribution >= 0.6 is 7.92 Å². The molecule has 4 rings (SSSR count). The van der Waals surface area contributed by atoms with E-state index in [1.807, 2.05) is 0 Å². The van der Waals surface area contributed by atoms with Gasteiger partial charge in [0.1, 0.15) is 0 Å². The van der Waals surface area contributed by atoms with Crippen LogP contribution in [-0.4, -0.2) is 30.7 Å². The maximum atomic E-state index is 13.7. The zero-order valence-corrected chi connectivity index (χ0v) is 28.6. The molecule has 0 amide bonds. The third-order valence-electron chi connectivity index (χ3n) is 8.25. The van der Waals surface area contributed by atoms with Gasteiger partial charge in [-0.1, -0.05) is 38.5 Å². The summed E-state index contributed by atoms with van der Waals surface area (Å²) in [5.41, 5.74) is -7.50. The average molecular weight is 753 g/mol. The number of nitrogens with zero attached hydrogens (tertiary/aromatic N) is 1. The zero-order valence-electron chi connectivity index (χ0n) is 26.6. The van der Waals surface area contributed by atoms with Gasteiger partial charge in [0.05, 0.1) is 22.3 Å². The van der Waals surface area contributed by atoms with E-state index in [1.54, 1.807) is 25.9 Å². The molecule has 2 fully saturated rings. The Hall–Kier alpha value is -1.49. The molecular weight excluding hydrogens is 713 g/mol. The summed E-state index contributed by atoms with van der Waals surface area (Å²) in [4.78, 5) is 1.75. The first kappa shape index (κ1) is 45.5. The Labute approximate surface area is 281 Å². The Kier molecular flexibility index (Phi) is 16.9. The first-order valence-corrected chi connectivity index (χ1v) is 15.6. The summed E-state index contributed by atoms with van der Waals surface area (Å²) in [5.74, 6) is -0.404. The van der Waals surface area contributed by atoms with Gasteiger partial charge in [0.25, 0.3) is 0 Å². The molecule has 0 N–H and O–H groups in total. The number of hydrogen-bond donors (Lipinski definition) is 0. The van der Waals surface area contributed by atoms with Crippen molar-refractivity contribution in [3.05, 3.63) is 73.5 Å². The van der Waals surface area contributed by atoms with Crippen molar-refractivity contribution in [1.29, 1.82) is 0 Å². The van der Waals surface area contributed by atoms with Gasteiger partial charge in [-0.3, -0.25) is 0 Å². The Morgan fingerprint density at radius 2 is 0.851 bits per heavy atom. The number of alkyl halides is 12. The minimum atomic E-state index is -5.24. The van der Waals surface area contributed by atoms with E-state index >= 15 is 0 Å². The summed E-state index contributed by atoms with van der Waals surface area (Å²) in [6.45, 7) is 1.75. The van der Waals surface area contributed by atoms with Crippen LogP contribution < -0.4 is 10.6 Å². The van der Waals surface area contributed by atoms with Crippen molar-refractivity contribution in [3.63, 3.8) is 0 Å². The molecule has 0 heterocycles. The van der Waals surface area contributed by atoms with E-state index in [9.17, 15) is 52.7 Å². The van der Waals surface area contributed by atoms with Crippen molar-refractivity contribution in [2.45, 2.75) is 94.7 Å². The maximum Gasteiger partial charge on any atom is 2.00 e. The normalized spacial score (nSPS) is 19.3. The van der Waals surface area contributed by atoms with Gasteiger partial charge in [-0.25, -0.2) is 0 Å². The zero-order chi connectivity index (χ0) is 33.3. The first-order valence-electron chi connectivity index (χ1n) is 14.2. The van der Waals surface area contributed by atoms with Crippen LogP contribution in [0.5, 0.6) is 0 Å². The summed E-state index contributed by atoms with van der Waals surface area (Å²) in [6, 6.07) is 1.16. The summed E-state index contributed by atoms with van der Waals surface area (Å²) >= 11 is 0. The summed E-state index contributed by atoms with van der Waals surface area (Å²) in [6.07, 6.45) is -12.3. The van der Waals surface area contributed by atoms with Crippen molar-refractivity contribution in [2.75, 3.05) is 14.1 Å². The van der Waals surface area contributed by atoms with E-state index in [0.717, 1.165) is 0 Å². The molecule has 2 unspecified atom stereocenters. The van der Waals surface area contributed by atoms with Crippen LogP contribution in [0, 0.1) is 20.8 Å². The number of rotatable bonds is 5. The number of hydrogen-bond acceptors (Lipinski definition) is 1. The van der Waals surface area contributed by atoms with Crippen LogP contribution in [-0.2, 0) is 41.8 Å². The third-order valence-corrected chi connectivity index (χ3v) is 11.2. The van der Waals surface area contributed by atoms with Gasteiger partial charge < -0.3 is 19.8 Å². The smallest absolute Gasteiger partial charge is 0.358 e. The second kappa shape index (κ2) is 17.4. The topological polar surface area (TPSA) is 3.24 Å². The van der Waals surface area contributed by atoms with Crippen LogP contribution in [0.2, 0.25) is 0 Å². The molecule has 0 radical (unpaired) electrons. The fraction of sp³-hybridized carbons (Fsp3) is 0.562. The van der Waals surface area contributed by atoms with Crippen LogP contribution in [0.15, 0.2) is 36.4 Å². The molecule has 47 heavy (non-hydrogen) atoms. The number of halogens is 12. The number of benzene rings is 2. The van der Waals surface area contributed by atoms with Gasteiger partial charge in [-0.2, -0.15) is 52.7 Å². The second-order valence-electron chi connectivity index (χ2n) is 11.5. The molecule has 0 aromatic heterocycles. The quantitative estimate of drug-likeness (QED) is 0.127. The molecule has 2 aliphatic rings. The van der Waals surface area contributed by atoms with Crippen molar-refractivity contribution in [1.82, 2.24) is 4.90 Å². The molecule has 0 spiro atoms. The van der Waals surface area contributed by atoms with E-state index in [1.165, 1.54) is 32.1 Å². The van der Waals surface area contributed by atoms with Gasteiger partial charge in [0.2, 0.25) is 0 Å². The van der Waals surface area contributed by atoms with Crippen molar-refractivity contribution in [3.8, 4) is 0 Å². The molecule has 0 saturated heterocycles. The molecule has 15 heteroatoms. The monoisotopic (exact) mass is 753 g/mol. The van der Waals surface area contributed by atoms with E-state index in [2.05, 4.69) is 0 Å². The van der Waals surface area contributed by atoms with E-state index in [-0.39, 0.29) is 56.5 Å². The van der Waals surface area contributed by atoms with Crippen LogP contribution in [0.4, 0.5) is 52.7 Å². The SMILES string of the molecule is C1CCCC1.C[C@H](C1CCCC1P(c1cc(C(F)(F)F)cc(C(F)(F)F)c1)c1cc(C(F)(F)F)cc(C(F)(F)F)c1)N(C)C.[CH3-].[CH3-].[Fe+2]. The summed E-state index contributed by atoms with van der Waals surface area (Å²) < 4.78 is 164. The van der Waals surface area contributed by atoms with E-state index in [4.69, 9.17) is 0 Å². The van der Waals surface area contributed by atoms with Crippen LogP contribution in [0.1, 0.15) is 80.5 Å². The molecule has 2 aromatic carbocycles. The third kappa shape index (κ3) is 12.1. The largest absolute Gasteiger partial charge is 2.00 e. The predicted octanol–water partition coefficient (Wildman–Crippen LogP) is 11.2. The molecule has 0 bridgehead atoms. The Morgan fingerprint density at radius 3 is 1.11 bits per heavy atom. The molecular formula is C32H40F12FeNP. The van der Waals surface area contributed by atoms with Gasteiger partial charge in [-0.15, -0.1) is 0 Å². The average Bonchev–Trinajstić information content (AvgIpc) is 3.62. The predicted molar refractivity (Wildman–Crippen MR) is 159 cm³/mol. The Bertz CT molecular complexity index is 1100. The fourth-order valence-corrected chi connectivity index (χ4v) is 9.21. The van der Waals surface area contributed by atoms with Gasteiger partial charge in [0.15, 0.2) is 0 Å². The van der Waals surface area contributed by atoms with Crippen LogP contribution in [0.25, 0.3) is 0 Å². The van der Waals surface area contributed by atoms with Crippen molar-refractivity contribution >= 4 is 18.5 Å². The fourth-order valence-electron chi connectivity index (χ4n) is 5.81. The van der Waals surface area contributed by atoms with Crippen LogP contribution in [0.3, 0.4) is 0 Å². The van der Waals surface area contributed by atoms with Gasteiger partial charge >= 0.3 is 41.8 Å². The van der Waals surface area contributed by atoms with E-state index < -0.39 is 77.1 Å². The van der Waals surface area contributed by atoms with Crippen molar-refractivity contribution in [2.24, 2.45) is 5.92 Å². The maximum absolute atomic E-state index is 13.7. The summed E-state index contributed by atoms with van der Waals surface area (Å²) in [7, 11) is 0.833. The minimum Gasteiger partial charge on any atom is -0.358 e. The van der Waals surface area contributed by atoms with Gasteiger partial charge in [-0.05, 0) is 100 Å². The Morgan fingerprint density at radius 1 is 0.553 bits per heavy atom. The molecule has 2 aliphatic carbocycles. The molecule has 270 valence electrons. The molecule has 0 aliphatic heterocycles. The van der Waals surface area contributed by atoms with Gasteiger partial charge in [0, 0.05) is 6.04 Å². The first-order chi connectivity index (χ1) is 20.1. The van der Waals surface area contributed by atoms with E-state index in [0.29, 0.717) is 37.1 Å². The molecule has 3 atom stereocenters.